The van der Waals surface area contributed by atoms with Crippen molar-refractivity contribution in [2.75, 3.05) is 0 Å². The molecular weight excluding hydrogens is 259 g/mol. The molecule has 1 aromatic carbocycles. The number of halogens is 2. The first-order valence-electron chi connectivity index (χ1n) is 5.37. The summed E-state index contributed by atoms with van der Waals surface area (Å²) < 4.78 is 5.16. The van der Waals surface area contributed by atoms with Gasteiger partial charge in [0.1, 0.15) is 6.61 Å². The third-order valence-corrected chi connectivity index (χ3v) is 2.80. The highest BCUT2D eigenvalue weighted by Gasteiger charge is 2.17. The molecule has 1 aromatic rings. The minimum Gasteiger partial charge on any atom is -0.461 e. The summed E-state index contributed by atoms with van der Waals surface area (Å²) in [7, 11) is 0. The van der Waals surface area contributed by atoms with Gasteiger partial charge in [-0.05, 0) is 23.1 Å². The van der Waals surface area contributed by atoms with Crippen LogP contribution in [0.2, 0.25) is 10.0 Å². The van der Waals surface area contributed by atoms with E-state index >= 15 is 0 Å². The standard InChI is InChI=1S/C13H16Cl2O2/c1-13(2,3)7-12(16)17-8-9-4-5-10(14)11(15)6-9/h4-6H,7-8H2,1-3H3. The number of benzene rings is 1. The molecule has 2 nitrogen and oxygen atoms in total. The molecule has 0 atom stereocenters. The first-order chi connectivity index (χ1) is 7.78. The average Bonchev–Trinajstić information content (AvgIpc) is 2.17. The van der Waals surface area contributed by atoms with Crippen LogP contribution < -0.4 is 0 Å². The summed E-state index contributed by atoms with van der Waals surface area (Å²) in [5, 5.41) is 0.965. The molecule has 0 heterocycles. The first-order valence-corrected chi connectivity index (χ1v) is 6.13. The van der Waals surface area contributed by atoms with E-state index in [0.29, 0.717) is 16.5 Å². The number of carbonyl (C=O) groups is 1. The van der Waals surface area contributed by atoms with E-state index in [1.54, 1.807) is 18.2 Å². The van der Waals surface area contributed by atoms with Gasteiger partial charge in [-0.15, -0.1) is 0 Å². The molecular formula is C13H16Cl2O2. The molecule has 0 aliphatic heterocycles. The molecule has 0 unspecified atom stereocenters. The van der Waals surface area contributed by atoms with Crippen molar-refractivity contribution in [1.82, 2.24) is 0 Å². The van der Waals surface area contributed by atoms with Gasteiger partial charge in [0.2, 0.25) is 0 Å². The summed E-state index contributed by atoms with van der Waals surface area (Å²) in [6.07, 6.45) is 0.397. The molecule has 0 aliphatic carbocycles. The van der Waals surface area contributed by atoms with Crippen LogP contribution in [0.4, 0.5) is 0 Å². The summed E-state index contributed by atoms with van der Waals surface area (Å²) in [5.74, 6) is -0.205. The fourth-order valence-electron chi connectivity index (χ4n) is 1.28. The van der Waals surface area contributed by atoms with E-state index in [1.165, 1.54) is 0 Å². The van der Waals surface area contributed by atoms with Crippen LogP contribution in [-0.2, 0) is 16.1 Å². The molecule has 0 fully saturated rings. The molecule has 4 heteroatoms. The maximum Gasteiger partial charge on any atom is 0.306 e. The van der Waals surface area contributed by atoms with Gasteiger partial charge >= 0.3 is 5.97 Å². The second-order valence-electron chi connectivity index (χ2n) is 5.15. The Balaban J connectivity index is 2.50. The average molecular weight is 275 g/mol. The van der Waals surface area contributed by atoms with Gasteiger partial charge in [0.25, 0.3) is 0 Å². The maximum atomic E-state index is 11.5. The minimum absolute atomic E-state index is 0.0608. The van der Waals surface area contributed by atoms with Gasteiger partial charge in [0, 0.05) is 0 Å². The van der Waals surface area contributed by atoms with Gasteiger partial charge in [-0.25, -0.2) is 0 Å². The molecule has 17 heavy (non-hydrogen) atoms. The van der Waals surface area contributed by atoms with Crippen molar-refractivity contribution in [3.8, 4) is 0 Å². The zero-order valence-corrected chi connectivity index (χ0v) is 11.7. The van der Waals surface area contributed by atoms with Crippen LogP contribution in [0.3, 0.4) is 0 Å². The SMILES string of the molecule is CC(C)(C)CC(=O)OCc1ccc(Cl)c(Cl)c1. The monoisotopic (exact) mass is 274 g/mol. The van der Waals surface area contributed by atoms with E-state index in [0.717, 1.165) is 5.56 Å². The zero-order valence-electron chi connectivity index (χ0n) is 10.2. The highest BCUT2D eigenvalue weighted by Crippen LogP contribution is 2.23. The Bertz CT molecular complexity index is 408. The summed E-state index contributed by atoms with van der Waals surface area (Å²) >= 11 is 11.7. The molecule has 0 bridgehead atoms. The second kappa shape index (κ2) is 5.74. The van der Waals surface area contributed by atoms with Crippen LogP contribution >= 0.6 is 23.2 Å². The maximum absolute atomic E-state index is 11.5. The number of hydrogen-bond acceptors (Lipinski definition) is 2. The Hall–Kier alpha value is -0.730. The van der Waals surface area contributed by atoms with Gasteiger partial charge in [-0.2, -0.15) is 0 Å². The van der Waals surface area contributed by atoms with E-state index in [-0.39, 0.29) is 18.0 Å². The Morgan fingerprint density at radius 1 is 1.24 bits per heavy atom. The molecule has 0 spiro atoms. The highest BCUT2D eigenvalue weighted by atomic mass is 35.5. The van der Waals surface area contributed by atoms with Crippen molar-refractivity contribution in [3.63, 3.8) is 0 Å². The predicted molar refractivity (Wildman–Crippen MR) is 70.3 cm³/mol. The summed E-state index contributed by atoms with van der Waals surface area (Å²) in [6.45, 7) is 6.21. The topological polar surface area (TPSA) is 26.3 Å². The van der Waals surface area contributed by atoms with E-state index in [2.05, 4.69) is 0 Å². The lowest BCUT2D eigenvalue weighted by molar-refractivity contribution is -0.147. The van der Waals surface area contributed by atoms with Crippen molar-refractivity contribution in [1.29, 1.82) is 0 Å². The lowest BCUT2D eigenvalue weighted by Crippen LogP contribution is -2.15. The van der Waals surface area contributed by atoms with E-state index < -0.39 is 0 Å². The minimum atomic E-state index is -0.205. The summed E-state index contributed by atoms with van der Waals surface area (Å²) in [4.78, 5) is 11.5. The first kappa shape index (κ1) is 14.3. The third-order valence-electron chi connectivity index (χ3n) is 2.06. The van der Waals surface area contributed by atoms with Crippen LogP contribution in [0.25, 0.3) is 0 Å². The van der Waals surface area contributed by atoms with Crippen molar-refractivity contribution < 1.29 is 9.53 Å². The lowest BCUT2D eigenvalue weighted by Gasteiger charge is -2.16. The smallest absolute Gasteiger partial charge is 0.306 e. The van der Waals surface area contributed by atoms with Gasteiger partial charge in [-0.1, -0.05) is 50.0 Å². The summed E-state index contributed by atoms with van der Waals surface area (Å²) in [6, 6.07) is 5.18. The van der Waals surface area contributed by atoms with E-state index in [4.69, 9.17) is 27.9 Å². The van der Waals surface area contributed by atoms with Gasteiger partial charge in [0.15, 0.2) is 0 Å². The number of esters is 1. The molecule has 0 saturated carbocycles. The number of rotatable bonds is 3. The van der Waals surface area contributed by atoms with E-state index in [9.17, 15) is 4.79 Å². The molecule has 1 rings (SSSR count). The van der Waals surface area contributed by atoms with Crippen molar-refractivity contribution >= 4 is 29.2 Å². The van der Waals surface area contributed by atoms with Crippen molar-refractivity contribution in [2.24, 2.45) is 5.41 Å². The number of carbonyl (C=O) groups excluding carboxylic acids is 1. The summed E-state index contributed by atoms with van der Waals surface area (Å²) in [5.41, 5.74) is 0.774. The molecule has 0 saturated heterocycles. The van der Waals surface area contributed by atoms with Gasteiger partial charge in [0.05, 0.1) is 16.5 Å². The molecule has 0 N–H and O–H groups in total. The second-order valence-corrected chi connectivity index (χ2v) is 5.96. The fraction of sp³-hybridized carbons (Fsp3) is 0.462. The van der Waals surface area contributed by atoms with Crippen LogP contribution in [-0.4, -0.2) is 5.97 Å². The van der Waals surface area contributed by atoms with Crippen molar-refractivity contribution in [2.45, 2.75) is 33.8 Å². The van der Waals surface area contributed by atoms with Gasteiger partial charge in [-0.3, -0.25) is 4.79 Å². The molecule has 0 aliphatic rings. The third kappa shape index (κ3) is 5.42. The zero-order chi connectivity index (χ0) is 13.1. The van der Waals surface area contributed by atoms with Crippen molar-refractivity contribution in [3.05, 3.63) is 33.8 Å². The Morgan fingerprint density at radius 2 is 1.88 bits per heavy atom. The fourth-order valence-corrected chi connectivity index (χ4v) is 1.60. The van der Waals surface area contributed by atoms with Crippen LogP contribution in [0.1, 0.15) is 32.8 Å². The molecule has 0 amide bonds. The molecule has 0 radical (unpaired) electrons. The normalized spacial score (nSPS) is 11.4. The van der Waals surface area contributed by atoms with Crippen LogP contribution in [0.5, 0.6) is 0 Å². The Morgan fingerprint density at radius 3 is 2.41 bits per heavy atom. The van der Waals surface area contributed by atoms with Crippen LogP contribution in [0, 0.1) is 5.41 Å². The van der Waals surface area contributed by atoms with E-state index in [1.807, 2.05) is 20.8 Å². The van der Waals surface area contributed by atoms with Gasteiger partial charge < -0.3 is 4.74 Å². The predicted octanol–water partition coefficient (Wildman–Crippen LogP) is 4.47. The Labute approximate surface area is 112 Å². The molecule has 0 aromatic heterocycles. The number of ether oxygens (including phenoxy) is 1. The van der Waals surface area contributed by atoms with Crippen LogP contribution in [0.15, 0.2) is 18.2 Å². The molecule has 94 valence electrons. The Kier molecular flexibility index (Phi) is 4.84. The quantitative estimate of drug-likeness (QED) is 0.760. The number of hydrogen-bond donors (Lipinski definition) is 0. The highest BCUT2D eigenvalue weighted by molar-refractivity contribution is 6.42. The lowest BCUT2D eigenvalue weighted by atomic mass is 9.92. The largest absolute Gasteiger partial charge is 0.461 e.